The van der Waals surface area contributed by atoms with Crippen LogP contribution in [0.4, 0.5) is 0 Å². The van der Waals surface area contributed by atoms with Gasteiger partial charge in [-0.3, -0.25) is 0 Å². The highest BCUT2D eigenvalue weighted by Crippen LogP contribution is 2.32. The van der Waals surface area contributed by atoms with Gasteiger partial charge in [0.2, 0.25) is 5.89 Å². The van der Waals surface area contributed by atoms with Crippen molar-refractivity contribution in [2.45, 2.75) is 18.9 Å². The first-order chi connectivity index (χ1) is 10.2. The van der Waals surface area contributed by atoms with Crippen molar-refractivity contribution in [1.29, 1.82) is 0 Å². The summed E-state index contributed by atoms with van der Waals surface area (Å²) in [5.74, 6) is 0.983. The lowest BCUT2D eigenvalue weighted by atomic mass is 9.83. The van der Waals surface area contributed by atoms with E-state index in [4.69, 9.17) is 4.52 Å². The standard InChI is InChI=1S/C17H16N2O2/c1-13-18-16(21-19-13)12-17(20,14-8-4-2-5-9-14)15-10-6-3-7-11-15/h2-11,20H,12H2,1H3. The number of hydrogen-bond donors (Lipinski definition) is 1. The van der Waals surface area contributed by atoms with E-state index in [1.54, 1.807) is 6.92 Å². The number of rotatable bonds is 4. The summed E-state index contributed by atoms with van der Waals surface area (Å²) in [7, 11) is 0. The molecule has 4 nitrogen and oxygen atoms in total. The molecule has 0 aliphatic heterocycles. The van der Waals surface area contributed by atoms with E-state index in [9.17, 15) is 5.11 Å². The zero-order chi connectivity index (χ0) is 14.7. The topological polar surface area (TPSA) is 59.2 Å². The molecule has 21 heavy (non-hydrogen) atoms. The smallest absolute Gasteiger partial charge is 0.230 e. The molecule has 3 aromatic rings. The van der Waals surface area contributed by atoms with Crippen LogP contribution in [0.1, 0.15) is 22.8 Å². The number of hydrogen-bond acceptors (Lipinski definition) is 4. The molecule has 1 aromatic heterocycles. The highest BCUT2D eigenvalue weighted by molar-refractivity contribution is 5.36. The van der Waals surface area contributed by atoms with Crippen molar-refractivity contribution in [3.63, 3.8) is 0 Å². The van der Waals surface area contributed by atoms with Gasteiger partial charge < -0.3 is 9.63 Å². The minimum absolute atomic E-state index is 0.238. The normalized spacial score (nSPS) is 11.5. The van der Waals surface area contributed by atoms with Gasteiger partial charge in [-0.05, 0) is 18.1 Å². The van der Waals surface area contributed by atoms with Crippen LogP contribution >= 0.6 is 0 Å². The zero-order valence-corrected chi connectivity index (χ0v) is 11.7. The first-order valence-electron chi connectivity index (χ1n) is 6.81. The molecule has 3 rings (SSSR count). The van der Waals surface area contributed by atoms with Gasteiger partial charge in [0.25, 0.3) is 0 Å². The summed E-state index contributed by atoms with van der Waals surface area (Å²) >= 11 is 0. The van der Waals surface area contributed by atoms with Crippen molar-refractivity contribution in [3.05, 3.63) is 83.5 Å². The molecule has 0 atom stereocenters. The Balaban J connectivity index is 2.07. The van der Waals surface area contributed by atoms with Crippen molar-refractivity contribution in [2.75, 3.05) is 0 Å². The molecule has 1 heterocycles. The third-order valence-corrected chi connectivity index (χ3v) is 3.48. The van der Waals surface area contributed by atoms with Crippen molar-refractivity contribution >= 4 is 0 Å². The Labute approximate surface area is 123 Å². The maximum absolute atomic E-state index is 11.3. The molecule has 1 N–H and O–H groups in total. The zero-order valence-electron chi connectivity index (χ0n) is 11.7. The summed E-state index contributed by atoms with van der Waals surface area (Å²) < 4.78 is 5.18. The lowest BCUT2D eigenvalue weighted by Gasteiger charge is -2.28. The molecular weight excluding hydrogens is 264 g/mol. The van der Waals surface area contributed by atoms with Crippen LogP contribution in [0.2, 0.25) is 0 Å². The number of aliphatic hydroxyl groups is 1. The van der Waals surface area contributed by atoms with E-state index in [0.717, 1.165) is 11.1 Å². The first kappa shape index (κ1) is 13.5. The van der Waals surface area contributed by atoms with Gasteiger partial charge in [0.15, 0.2) is 5.82 Å². The van der Waals surface area contributed by atoms with Gasteiger partial charge in [-0.25, -0.2) is 0 Å². The minimum Gasteiger partial charge on any atom is -0.380 e. The lowest BCUT2D eigenvalue weighted by molar-refractivity contribution is 0.0717. The second-order valence-corrected chi connectivity index (χ2v) is 5.00. The van der Waals surface area contributed by atoms with Crippen LogP contribution in [0.15, 0.2) is 65.2 Å². The monoisotopic (exact) mass is 280 g/mol. The van der Waals surface area contributed by atoms with Crippen LogP contribution in [0.3, 0.4) is 0 Å². The summed E-state index contributed by atoms with van der Waals surface area (Å²) in [6, 6.07) is 19.1. The van der Waals surface area contributed by atoms with Crippen molar-refractivity contribution < 1.29 is 9.63 Å². The van der Waals surface area contributed by atoms with Crippen LogP contribution in [-0.2, 0) is 12.0 Å². The maximum atomic E-state index is 11.3. The minimum atomic E-state index is -1.19. The van der Waals surface area contributed by atoms with E-state index in [2.05, 4.69) is 10.1 Å². The fourth-order valence-corrected chi connectivity index (χ4v) is 2.43. The van der Waals surface area contributed by atoms with Crippen molar-refractivity contribution in [2.24, 2.45) is 0 Å². The van der Waals surface area contributed by atoms with Crippen LogP contribution in [0.25, 0.3) is 0 Å². The quantitative estimate of drug-likeness (QED) is 0.798. The Hall–Kier alpha value is -2.46. The van der Waals surface area contributed by atoms with E-state index in [1.165, 1.54) is 0 Å². The van der Waals surface area contributed by atoms with Crippen molar-refractivity contribution in [3.8, 4) is 0 Å². The fourth-order valence-electron chi connectivity index (χ4n) is 2.43. The number of aromatic nitrogens is 2. The number of nitrogens with zero attached hydrogens (tertiary/aromatic N) is 2. The molecule has 4 heteroatoms. The summed E-state index contributed by atoms with van der Waals surface area (Å²) in [6.07, 6.45) is 0.238. The largest absolute Gasteiger partial charge is 0.380 e. The van der Waals surface area contributed by atoms with Gasteiger partial charge in [-0.2, -0.15) is 4.98 Å². The molecule has 0 bridgehead atoms. The van der Waals surface area contributed by atoms with Crippen LogP contribution in [0.5, 0.6) is 0 Å². The molecule has 0 radical (unpaired) electrons. The maximum Gasteiger partial charge on any atom is 0.230 e. The highest BCUT2D eigenvalue weighted by atomic mass is 16.5. The number of aryl methyl sites for hydroxylation is 1. The Morgan fingerprint density at radius 1 is 0.952 bits per heavy atom. The molecule has 0 aliphatic carbocycles. The van der Waals surface area contributed by atoms with Crippen LogP contribution in [0, 0.1) is 6.92 Å². The van der Waals surface area contributed by atoms with Gasteiger partial charge in [0, 0.05) is 0 Å². The average molecular weight is 280 g/mol. The Bertz CT molecular complexity index is 668. The molecule has 2 aromatic carbocycles. The number of benzene rings is 2. The molecule has 0 aliphatic rings. The Kier molecular flexibility index (Phi) is 3.54. The van der Waals surface area contributed by atoms with E-state index < -0.39 is 5.60 Å². The van der Waals surface area contributed by atoms with Gasteiger partial charge in [-0.15, -0.1) is 0 Å². The lowest BCUT2D eigenvalue weighted by Crippen LogP contribution is -2.30. The molecule has 106 valence electrons. The summed E-state index contributed by atoms with van der Waals surface area (Å²) in [4.78, 5) is 4.21. The predicted octanol–water partition coefficient (Wildman–Crippen LogP) is 2.86. The van der Waals surface area contributed by atoms with Crippen molar-refractivity contribution in [1.82, 2.24) is 10.1 Å². The van der Waals surface area contributed by atoms with Gasteiger partial charge >= 0.3 is 0 Å². The summed E-state index contributed by atoms with van der Waals surface area (Å²) in [5, 5.41) is 15.1. The molecule has 0 saturated carbocycles. The molecule has 0 fully saturated rings. The molecule has 0 saturated heterocycles. The first-order valence-corrected chi connectivity index (χ1v) is 6.81. The second kappa shape index (κ2) is 5.50. The SMILES string of the molecule is Cc1noc(CC(O)(c2ccccc2)c2ccccc2)n1. The third kappa shape index (κ3) is 2.71. The average Bonchev–Trinajstić information content (AvgIpc) is 2.94. The molecule has 0 spiro atoms. The predicted molar refractivity (Wildman–Crippen MR) is 78.6 cm³/mol. The molecule has 0 amide bonds. The van der Waals surface area contributed by atoms with Gasteiger partial charge in [-0.1, -0.05) is 65.8 Å². The summed E-state index contributed by atoms with van der Waals surface area (Å²) in [6.45, 7) is 1.76. The van der Waals surface area contributed by atoms with E-state index in [1.807, 2.05) is 60.7 Å². The second-order valence-electron chi connectivity index (χ2n) is 5.00. The van der Waals surface area contributed by atoms with Gasteiger partial charge in [0.1, 0.15) is 5.60 Å². The van der Waals surface area contributed by atoms with E-state index in [0.29, 0.717) is 11.7 Å². The third-order valence-electron chi connectivity index (χ3n) is 3.48. The Morgan fingerprint density at radius 2 is 1.48 bits per heavy atom. The highest BCUT2D eigenvalue weighted by Gasteiger charge is 2.33. The fraction of sp³-hybridized carbons (Fsp3) is 0.176. The van der Waals surface area contributed by atoms with Crippen LogP contribution in [-0.4, -0.2) is 15.2 Å². The Morgan fingerprint density at radius 3 is 1.90 bits per heavy atom. The van der Waals surface area contributed by atoms with Crippen LogP contribution < -0.4 is 0 Å². The molecular formula is C17H16N2O2. The summed E-state index contributed by atoms with van der Waals surface area (Å²) in [5.41, 5.74) is 0.403. The van der Waals surface area contributed by atoms with Gasteiger partial charge in [0.05, 0.1) is 6.42 Å². The van der Waals surface area contributed by atoms with E-state index >= 15 is 0 Å². The van der Waals surface area contributed by atoms with E-state index in [-0.39, 0.29) is 6.42 Å². The molecule has 0 unspecified atom stereocenters.